The molecule has 0 saturated heterocycles. The van der Waals surface area contributed by atoms with Gasteiger partial charge in [0.05, 0.1) is 6.54 Å². The fraction of sp³-hybridized carbons (Fsp3) is 0.200. The second-order valence-corrected chi connectivity index (χ2v) is 4.10. The van der Waals surface area contributed by atoms with Crippen molar-refractivity contribution < 1.29 is 4.52 Å². The average molecular weight is 293 g/mol. The van der Waals surface area contributed by atoms with Gasteiger partial charge in [-0.3, -0.25) is 0 Å². The van der Waals surface area contributed by atoms with Crippen LogP contribution in [0.1, 0.15) is 11.7 Å². The van der Waals surface area contributed by atoms with Crippen molar-refractivity contribution in [1.82, 2.24) is 34.9 Å². The summed E-state index contributed by atoms with van der Waals surface area (Å²) in [5, 5.41) is 10.8. The van der Waals surface area contributed by atoms with Crippen LogP contribution in [-0.4, -0.2) is 34.9 Å². The van der Waals surface area contributed by atoms with Gasteiger partial charge in [0, 0.05) is 19.3 Å². The van der Waals surface area contributed by atoms with E-state index in [0.29, 0.717) is 30.2 Å². The molecule has 0 radical (unpaired) electrons. The van der Waals surface area contributed by atoms with Crippen LogP contribution in [0.2, 0.25) is 5.28 Å². The van der Waals surface area contributed by atoms with Gasteiger partial charge < -0.3 is 9.84 Å². The summed E-state index contributed by atoms with van der Waals surface area (Å²) in [5.74, 6) is 1.62. The van der Waals surface area contributed by atoms with E-state index in [-0.39, 0.29) is 5.28 Å². The summed E-state index contributed by atoms with van der Waals surface area (Å²) in [7, 11) is 0. The number of rotatable bonds is 4. The highest BCUT2D eigenvalue weighted by Gasteiger charge is 2.08. The maximum absolute atomic E-state index is 5.86. The van der Waals surface area contributed by atoms with Crippen LogP contribution >= 0.6 is 11.6 Å². The summed E-state index contributed by atoms with van der Waals surface area (Å²) in [6, 6.07) is 1.76. The summed E-state index contributed by atoms with van der Waals surface area (Å²) >= 11 is 5.86. The van der Waals surface area contributed by atoms with Gasteiger partial charge in [-0.1, -0.05) is 5.16 Å². The molecule has 0 atom stereocenters. The molecule has 0 saturated carbocycles. The molecule has 0 unspecified atom stereocenters. The van der Waals surface area contributed by atoms with E-state index in [1.54, 1.807) is 25.4 Å². The van der Waals surface area contributed by atoms with Crippen LogP contribution in [0.3, 0.4) is 0 Å². The second-order valence-electron chi connectivity index (χ2n) is 3.76. The SMILES string of the molecule is Cc1nc(CNc2nc(Cl)nc(-n3cccn3)n2)no1. The van der Waals surface area contributed by atoms with Gasteiger partial charge in [0.15, 0.2) is 5.82 Å². The molecule has 0 aliphatic carbocycles. The van der Waals surface area contributed by atoms with E-state index in [0.717, 1.165) is 0 Å². The Kier molecular flexibility index (Phi) is 3.25. The highest BCUT2D eigenvalue weighted by molar-refractivity contribution is 6.28. The van der Waals surface area contributed by atoms with Crippen molar-refractivity contribution in [3.8, 4) is 5.95 Å². The molecular weight excluding hydrogens is 284 g/mol. The van der Waals surface area contributed by atoms with Gasteiger partial charge in [-0.05, 0) is 17.7 Å². The zero-order valence-corrected chi connectivity index (χ0v) is 11.1. The van der Waals surface area contributed by atoms with Crippen molar-refractivity contribution in [3.05, 3.63) is 35.5 Å². The first kappa shape index (κ1) is 12.5. The molecule has 0 amide bonds. The highest BCUT2D eigenvalue weighted by atomic mass is 35.5. The monoisotopic (exact) mass is 292 g/mol. The van der Waals surface area contributed by atoms with Crippen LogP contribution in [0.15, 0.2) is 23.0 Å². The van der Waals surface area contributed by atoms with E-state index in [1.807, 2.05) is 0 Å². The van der Waals surface area contributed by atoms with E-state index < -0.39 is 0 Å². The van der Waals surface area contributed by atoms with Crippen molar-refractivity contribution in [2.45, 2.75) is 13.5 Å². The molecule has 3 aromatic heterocycles. The molecule has 9 nitrogen and oxygen atoms in total. The van der Waals surface area contributed by atoms with Crippen LogP contribution in [0.4, 0.5) is 5.95 Å². The van der Waals surface area contributed by atoms with E-state index >= 15 is 0 Å². The molecule has 0 aliphatic rings. The van der Waals surface area contributed by atoms with Gasteiger partial charge >= 0.3 is 0 Å². The third-order valence-electron chi connectivity index (χ3n) is 2.28. The summed E-state index contributed by atoms with van der Waals surface area (Å²) in [6.07, 6.45) is 3.32. The molecule has 0 fully saturated rings. The summed E-state index contributed by atoms with van der Waals surface area (Å²) in [4.78, 5) is 16.2. The molecular formula is C10H9ClN8O. The quantitative estimate of drug-likeness (QED) is 0.759. The number of nitrogens with zero attached hydrogens (tertiary/aromatic N) is 7. The minimum Gasteiger partial charge on any atom is -0.347 e. The van der Waals surface area contributed by atoms with Crippen molar-refractivity contribution in [1.29, 1.82) is 0 Å². The fourth-order valence-electron chi connectivity index (χ4n) is 1.48. The Bertz CT molecular complexity index is 710. The van der Waals surface area contributed by atoms with Gasteiger partial charge in [-0.25, -0.2) is 4.68 Å². The van der Waals surface area contributed by atoms with Crippen LogP contribution in [0, 0.1) is 6.92 Å². The number of hydrogen-bond acceptors (Lipinski definition) is 8. The topological polar surface area (TPSA) is 107 Å². The number of nitrogens with one attached hydrogen (secondary N) is 1. The van der Waals surface area contributed by atoms with Crippen molar-refractivity contribution in [2.75, 3.05) is 5.32 Å². The summed E-state index contributed by atoms with van der Waals surface area (Å²) in [6.45, 7) is 2.03. The summed E-state index contributed by atoms with van der Waals surface area (Å²) in [5.41, 5.74) is 0. The van der Waals surface area contributed by atoms with Crippen LogP contribution in [0.25, 0.3) is 5.95 Å². The molecule has 1 N–H and O–H groups in total. The maximum atomic E-state index is 5.86. The van der Waals surface area contributed by atoms with Crippen LogP contribution in [-0.2, 0) is 6.54 Å². The zero-order valence-electron chi connectivity index (χ0n) is 10.4. The fourth-order valence-corrected chi connectivity index (χ4v) is 1.64. The lowest BCUT2D eigenvalue weighted by Gasteiger charge is -2.04. The lowest BCUT2D eigenvalue weighted by atomic mass is 10.6. The third kappa shape index (κ3) is 2.72. The molecule has 10 heteroatoms. The van der Waals surface area contributed by atoms with Crippen molar-refractivity contribution >= 4 is 17.5 Å². The maximum Gasteiger partial charge on any atom is 0.256 e. The highest BCUT2D eigenvalue weighted by Crippen LogP contribution is 2.09. The Labute approximate surface area is 118 Å². The minimum absolute atomic E-state index is 0.0669. The minimum atomic E-state index is 0.0669. The Hall–Kier alpha value is -2.55. The first-order valence-electron chi connectivity index (χ1n) is 5.65. The van der Waals surface area contributed by atoms with Gasteiger partial charge in [-0.2, -0.15) is 25.0 Å². The number of aromatic nitrogens is 7. The number of halogens is 1. The predicted molar refractivity (Wildman–Crippen MR) is 68.3 cm³/mol. The lowest BCUT2D eigenvalue weighted by molar-refractivity contribution is 0.388. The Balaban J connectivity index is 1.79. The lowest BCUT2D eigenvalue weighted by Crippen LogP contribution is -2.10. The van der Waals surface area contributed by atoms with Gasteiger partial charge in [0.25, 0.3) is 5.95 Å². The number of anilines is 1. The normalized spacial score (nSPS) is 10.7. The van der Waals surface area contributed by atoms with Crippen molar-refractivity contribution in [2.24, 2.45) is 0 Å². The molecule has 102 valence electrons. The Morgan fingerprint density at radius 3 is 2.90 bits per heavy atom. The number of hydrogen-bond donors (Lipinski definition) is 1. The smallest absolute Gasteiger partial charge is 0.256 e. The Morgan fingerprint density at radius 2 is 2.20 bits per heavy atom. The molecule has 3 rings (SSSR count). The molecule has 20 heavy (non-hydrogen) atoms. The summed E-state index contributed by atoms with van der Waals surface area (Å²) < 4.78 is 6.35. The first-order valence-corrected chi connectivity index (χ1v) is 6.03. The molecule has 3 heterocycles. The van der Waals surface area contributed by atoms with Gasteiger partial charge in [0.2, 0.25) is 17.1 Å². The van der Waals surface area contributed by atoms with Gasteiger partial charge in [-0.15, -0.1) is 0 Å². The van der Waals surface area contributed by atoms with E-state index in [2.05, 4.69) is 35.5 Å². The molecule has 3 aromatic rings. The van der Waals surface area contributed by atoms with Gasteiger partial charge in [0.1, 0.15) is 0 Å². The van der Waals surface area contributed by atoms with Crippen LogP contribution in [0.5, 0.6) is 0 Å². The largest absolute Gasteiger partial charge is 0.347 e. The molecule has 0 spiro atoms. The standard InChI is InChI=1S/C10H9ClN8O/c1-6-14-7(18-20-6)5-12-9-15-8(11)16-10(17-9)19-4-2-3-13-19/h2-4H,5H2,1H3,(H,12,15,16,17). The van der Waals surface area contributed by atoms with Crippen molar-refractivity contribution in [3.63, 3.8) is 0 Å². The number of aryl methyl sites for hydroxylation is 1. The Morgan fingerprint density at radius 1 is 1.30 bits per heavy atom. The van der Waals surface area contributed by atoms with Crippen LogP contribution < -0.4 is 5.32 Å². The predicted octanol–water partition coefficient (Wildman–Crippen LogP) is 1.01. The van der Waals surface area contributed by atoms with E-state index in [4.69, 9.17) is 16.1 Å². The molecule has 0 aliphatic heterocycles. The van der Waals surface area contributed by atoms with E-state index in [9.17, 15) is 0 Å². The second kappa shape index (κ2) is 5.21. The molecule has 0 aromatic carbocycles. The molecule has 0 bridgehead atoms. The third-order valence-corrected chi connectivity index (χ3v) is 2.45. The first-order chi connectivity index (χ1) is 9.70. The zero-order chi connectivity index (χ0) is 13.9. The van der Waals surface area contributed by atoms with E-state index in [1.165, 1.54) is 4.68 Å². The average Bonchev–Trinajstić information content (AvgIpc) is 3.07.